The van der Waals surface area contributed by atoms with Gasteiger partial charge in [0.25, 0.3) is 0 Å². The van der Waals surface area contributed by atoms with E-state index in [0.717, 1.165) is 0 Å². The summed E-state index contributed by atoms with van der Waals surface area (Å²) in [6.07, 6.45) is -2.13. The third-order valence-corrected chi connectivity index (χ3v) is 3.19. The van der Waals surface area contributed by atoms with E-state index >= 15 is 0 Å². The lowest BCUT2D eigenvalue weighted by atomic mass is 10.0. The van der Waals surface area contributed by atoms with Crippen LogP contribution < -0.4 is 0 Å². The summed E-state index contributed by atoms with van der Waals surface area (Å²) in [4.78, 5) is 21.4. The van der Waals surface area contributed by atoms with Gasteiger partial charge < -0.3 is 14.6 Å². The number of hydrogen-bond acceptors (Lipinski definition) is 5. The van der Waals surface area contributed by atoms with E-state index < -0.39 is 29.3 Å². The molecule has 1 aliphatic heterocycles. The summed E-state index contributed by atoms with van der Waals surface area (Å²) in [5.41, 5.74) is 0. The lowest BCUT2D eigenvalue weighted by Gasteiger charge is -2.35. The summed E-state index contributed by atoms with van der Waals surface area (Å²) in [6.45, 7) is 2.65. The van der Waals surface area contributed by atoms with E-state index in [1.165, 1.54) is 13.8 Å². The molecule has 1 saturated heterocycles. The molecule has 5 nitrogen and oxygen atoms in total. The predicted octanol–water partition coefficient (Wildman–Crippen LogP) is 0.378. The molecular formula is C9H13BrO5. The topological polar surface area (TPSA) is 72.8 Å². The van der Waals surface area contributed by atoms with Gasteiger partial charge in [-0.15, -0.1) is 0 Å². The normalized spacial score (nSPS) is 36.0. The van der Waals surface area contributed by atoms with Crippen LogP contribution in [0.1, 0.15) is 20.3 Å². The number of ether oxygens (including phenoxy) is 2. The monoisotopic (exact) mass is 280 g/mol. The molecule has 0 amide bonds. The fraction of sp³-hybridized carbons (Fsp3) is 0.778. The largest absolute Gasteiger partial charge is 0.461 e. The Morgan fingerprint density at radius 3 is 2.53 bits per heavy atom. The van der Waals surface area contributed by atoms with Crippen molar-refractivity contribution in [3.63, 3.8) is 0 Å². The van der Waals surface area contributed by atoms with E-state index in [2.05, 4.69) is 15.9 Å². The summed E-state index contributed by atoms with van der Waals surface area (Å²) in [7, 11) is 0. The SMILES string of the molecule is CC(=O)O[C@@H]1C[C@H](C(C)=O)O[C@@H](O)[C@H]1Br. The van der Waals surface area contributed by atoms with Crippen molar-refractivity contribution in [2.24, 2.45) is 0 Å². The smallest absolute Gasteiger partial charge is 0.302 e. The van der Waals surface area contributed by atoms with Gasteiger partial charge in [-0.1, -0.05) is 15.9 Å². The lowest BCUT2D eigenvalue weighted by molar-refractivity contribution is -0.195. The Morgan fingerprint density at radius 2 is 2.07 bits per heavy atom. The zero-order valence-electron chi connectivity index (χ0n) is 8.47. The number of rotatable bonds is 2. The van der Waals surface area contributed by atoms with Crippen molar-refractivity contribution < 1.29 is 24.2 Å². The number of Topliss-reactive ketones (excluding diaryl/α,β-unsaturated/α-hetero) is 1. The van der Waals surface area contributed by atoms with Crippen LogP contribution in [0.3, 0.4) is 0 Å². The first-order valence-corrected chi connectivity index (χ1v) is 5.48. The van der Waals surface area contributed by atoms with E-state index in [0.29, 0.717) is 0 Å². The molecule has 0 saturated carbocycles. The van der Waals surface area contributed by atoms with Gasteiger partial charge in [0.1, 0.15) is 17.0 Å². The Hall–Kier alpha value is -0.460. The molecule has 1 rings (SSSR count). The summed E-state index contributed by atoms with van der Waals surface area (Å²) in [5, 5.41) is 9.47. The van der Waals surface area contributed by atoms with Crippen LogP contribution in [0.2, 0.25) is 0 Å². The molecule has 0 bridgehead atoms. The summed E-state index contributed by atoms with van der Waals surface area (Å²) in [5.74, 6) is -0.633. The number of carbonyl (C=O) groups excluding carboxylic acids is 2. The first-order valence-electron chi connectivity index (χ1n) is 4.57. The van der Waals surface area contributed by atoms with Crippen molar-refractivity contribution in [1.29, 1.82) is 0 Å². The molecule has 4 atom stereocenters. The molecular weight excluding hydrogens is 268 g/mol. The lowest BCUT2D eigenvalue weighted by Crippen LogP contribution is -2.48. The highest BCUT2D eigenvalue weighted by Gasteiger charge is 2.39. The maximum absolute atomic E-state index is 11.1. The molecule has 0 aromatic rings. The Balaban J connectivity index is 2.68. The van der Waals surface area contributed by atoms with Crippen molar-refractivity contribution >= 4 is 27.7 Å². The van der Waals surface area contributed by atoms with Crippen LogP contribution in [-0.2, 0) is 19.1 Å². The van der Waals surface area contributed by atoms with E-state index in [9.17, 15) is 14.7 Å². The molecule has 0 aliphatic carbocycles. The van der Waals surface area contributed by atoms with Crippen LogP contribution in [0.5, 0.6) is 0 Å². The second-order valence-corrected chi connectivity index (χ2v) is 4.51. The molecule has 1 N–H and O–H groups in total. The van der Waals surface area contributed by atoms with E-state index in [1.807, 2.05) is 0 Å². The number of aliphatic hydroxyl groups is 1. The minimum absolute atomic E-state index is 0.189. The second kappa shape index (κ2) is 5.05. The number of alkyl halides is 1. The highest BCUT2D eigenvalue weighted by atomic mass is 79.9. The van der Waals surface area contributed by atoms with E-state index in [4.69, 9.17) is 9.47 Å². The zero-order chi connectivity index (χ0) is 11.6. The van der Waals surface area contributed by atoms with Crippen molar-refractivity contribution in [1.82, 2.24) is 0 Å². The molecule has 0 spiro atoms. The molecule has 1 aliphatic rings. The number of ketones is 1. The van der Waals surface area contributed by atoms with E-state index in [1.54, 1.807) is 0 Å². The van der Waals surface area contributed by atoms with Crippen molar-refractivity contribution in [2.75, 3.05) is 0 Å². The maximum atomic E-state index is 11.1. The minimum Gasteiger partial charge on any atom is -0.461 e. The Morgan fingerprint density at radius 1 is 1.47 bits per heavy atom. The number of carbonyl (C=O) groups is 2. The predicted molar refractivity (Wildman–Crippen MR) is 54.4 cm³/mol. The van der Waals surface area contributed by atoms with Crippen molar-refractivity contribution in [2.45, 2.75) is 43.6 Å². The molecule has 86 valence electrons. The molecule has 0 unspecified atom stereocenters. The van der Waals surface area contributed by atoms with Gasteiger partial charge in [-0.3, -0.25) is 9.59 Å². The average Bonchev–Trinajstić information content (AvgIpc) is 2.11. The Kier molecular flexibility index (Phi) is 4.24. The fourth-order valence-corrected chi connectivity index (χ4v) is 1.86. The number of hydrogen-bond donors (Lipinski definition) is 1. The second-order valence-electron chi connectivity index (χ2n) is 3.45. The van der Waals surface area contributed by atoms with Gasteiger partial charge in [0.05, 0.1) is 0 Å². The minimum atomic E-state index is -1.14. The van der Waals surface area contributed by atoms with Gasteiger partial charge in [-0.05, 0) is 6.92 Å². The number of halogens is 1. The van der Waals surface area contributed by atoms with Crippen LogP contribution in [0, 0.1) is 0 Å². The molecule has 0 aromatic heterocycles. The van der Waals surface area contributed by atoms with Crippen LogP contribution in [0.4, 0.5) is 0 Å². The quantitative estimate of drug-likeness (QED) is 0.585. The first-order chi connectivity index (χ1) is 6.91. The van der Waals surface area contributed by atoms with Gasteiger partial charge in [-0.2, -0.15) is 0 Å². The Labute approximate surface area is 95.9 Å². The molecule has 0 aromatic carbocycles. The van der Waals surface area contributed by atoms with Gasteiger partial charge >= 0.3 is 5.97 Å². The van der Waals surface area contributed by atoms with Crippen LogP contribution in [-0.4, -0.2) is 40.2 Å². The van der Waals surface area contributed by atoms with Crippen LogP contribution >= 0.6 is 15.9 Å². The van der Waals surface area contributed by atoms with Crippen LogP contribution in [0.25, 0.3) is 0 Å². The fourth-order valence-electron chi connectivity index (χ4n) is 1.41. The standard InChI is InChI=1S/C9H13BrO5/c1-4(11)6-3-7(14-5(2)12)8(10)9(13)15-6/h6-9,13H,3H2,1-2H3/t6-,7-,8+,9-/m1/s1. The Bertz CT molecular complexity index is 267. The maximum Gasteiger partial charge on any atom is 0.302 e. The van der Waals surface area contributed by atoms with Gasteiger partial charge in [-0.25, -0.2) is 0 Å². The van der Waals surface area contributed by atoms with Gasteiger partial charge in [0.15, 0.2) is 12.1 Å². The van der Waals surface area contributed by atoms with E-state index in [-0.39, 0.29) is 12.2 Å². The number of esters is 1. The summed E-state index contributed by atoms with van der Waals surface area (Å²) in [6, 6.07) is 0. The molecule has 1 heterocycles. The molecule has 0 radical (unpaired) electrons. The molecule has 1 fully saturated rings. The average molecular weight is 281 g/mol. The third kappa shape index (κ3) is 3.25. The van der Waals surface area contributed by atoms with Crippen molar-refractivity contribution in [3.05, 3.63) is 0 Å². The summed E-state index contributed by atoms with van der Waals surface area (Å²) >= 11 is 3.16. The molecule has 15 heavy (non-hydrogen) atoms. The van der Waals surface area contributed by atoms with Crippen LogP contribution in [0.15, 0.2) is 0 Å². The van der Waals surface area contributed by atoms with Gasteiger partial charge in [0, 0.05) is 13.3 Å². The highest BCUT2D eigenvalue weighted by Crippen LogP contribution is 2.27. The van der Waals surface area contributed by atoms with Gasteiger partial charge in [0.2, 0.25) is 0 Å². The van der Waals surface area contributed by atoms with Crippen molar-refractivity contribution in [3.8, 4) is 0 Å². The zero-order valence-corrected chi connectivity index (χ0v) is 10.1. The summed E-state index contributed by atoms with van der Waals surface area (Å²) < 4.78 is 10.0. The highest BCUT2D eigenvalue weighted by molar-refractivity contribution is 9.09. The first kappa shape index (κ1) is 12.6. The number of aliphatic hydroxyl groups excluding tert-OH is 1. The molecule has 6 heteroatoms. The third-order valence-electron chi connectivity index (χ3n) is 2.15.